The van der Waals surface area contributed by atoms with E-state index in [1.807, 2.05) is 12.1 Å². The van der Waals surface area contributed by atoms with Crippen molar-refractivity contribution >= 4 is 39.3 Å². The average Bonchev–Trinajstić information content (AvgIpc) is 2.59. The van der Waals surface area contributed by atoms with Crippen LogP contribution in [0, 0.1) is 0 Å². The van der Waals surface area contributed by atoms with E-state index in [4.69, 9.17) is 11.6 Å². The fourth-order valence-corrected chi connectivity index (χ4v) is 3.20. The van der Waals surface area contributed by atoms with Gasteiger partial charge in [0.15, 0.2) is 0 Å². The van der Waals surface area contributed by atoms with Crippen molar-refractivity contribution in [2.75, 3.05) is 11.0 Å². The lowest BCUT2D eigenvalue weighted by Gasteiger charge is -2.17. The molecule has 2 N–H and O–H groups in total. The molecule has 28 heavy (non-hydrogen) atoms. The van der Waals surface area contributed by atoms with E-state index in [0.29, 0.717) is 5.69 Å². The highest BCUT2D eigenvalue weighted by Crippen LogP contribution is 2.24. The summed E-state index contributed by atoms with van der Waals surface area (Å²) in [4.78, 5) is 16.4. The van der Waals surface area contributed by atoms with Gasteiger partial charge in [-0.3, -0.25) is 14.5 Å². The Bertz CT molecular complexity index is 979. The highest BCUT2D eigenvalue weighted by molar-refractivity contribution is 7.92. The molecule has 0 aliphatic rings. The lowest BCUT2D eigenvalue weighted by atomic mass is 9.91. The first-order valence-electron chi connectivity index (χ1n) is 8.63. The molecule has 8 heteroatoms. The second-order valence-corrected chi connectivity index (χ2v) is 9.62. The van der Waals surface area contributed by atoms with Gasteiger partial charge in [-0.2, -0.15) is 0 Å². The van der Waals surface area contributed by atoms with Crippen molar-refractivity contribution in [2.45, 2.75) is 32.7 Å². The van der Waals surface area contributed by atoms with Gasteiger partial charge in [-0.1, -0.05) is 44.5 Å². The number of benzene rings is 1. The molecule has 0 bridgehead atoms. The number of carbonyl (C=O) groups excluding carboxylic acids is 1. The molecule has 150 valence electrons. The number of hydrogen-bond donors (Lipinski definition) is 2. The molecule has 0 saturated heterocycles. The normalized spacial score (nSPS) is 12.2. The van der Waals surface area contributed by atoms with Crippen molar-refractivity contribution in [3.8, 4) is 0 Å². The number of hydrogen-bond acceptors (Lipinski definition) is 4. The van der Waals surface area contributed by atoms with Gasteiger partial charge in [0, 0.05) is 29.9 Å². The fraction of sp³-hybridized carbons (Fsp3) is 0.300. The SMILES string of the molecule is CC(C)(C)c1ccc(C=CC(=O)NCc2ccc(NS(C)(=O)=O)c(Cl)c2)cn1. The maximum Gasteiger partial charge on any atom is 0.244 e. The number of halogens is 1. The maximum atomic E-state index is 12.0. The molecule has 0 radical (unpaired) electrons. The Hall–Kier alpha value is -2.38. The molecular weight excluding hydrogens is 398 g/mol. The monoisotopic (exact) mass is 421 g/mol. The molecule has 0 spiro atoms. The van der Waals surface area contributed by atoms with Gasteiger partial charge in [-0.05, 0) is 35.4 Å². The largest absolute Gasteiger partial charge is 0.348 e. The van der Waals surface area contributed by atoms with Crippen LogP contribution in [0.4, 0.5) is 5.69 Å². The van der Waals surface area contributed by atoms with Crippen LogP contribution < -0.4 is 10.0 Å². The summed E-state index contributed by atoms with van der Waals surface area (Å²) in [5.74, 6) is -0.255. The summed E-state index contributed by atoms with van der Waals surface area (Å²) in [6.07, 6.45) is 5.92. The summed E-state index contributed by atoms with van der Waals surface area (Å²) in [6, 6.07) is 8.73. The Morgan fingerprint density at radius 1 is 1.21 bits per heavy atom. The van der Waals surface area contributed by atoms with Crippen LogP contribution >= 0.6 is 11.6 Å². The second kappa shape index (κ2) is 8.75. The van der Waals surface area contributed by atoms with Crippen LogP contribution in [0.25, 0.3) is 6.08 Å². The molecule has 1 heterocycles. The molecule has 1 aromatic carbocycles. The molecule has 0 aliphatic carbocycles. The van der Waals surface area contributed by atoms with Crippen molar-refractivity contribution in [3.63, 3.8) is 0 Å². The van der Waals surface area contributed by atoms with Gasteiger partial charge in [0.05, 0.1) is 17.0 Å². The third kappa shape index (κ3) is 6.98. The lowest BCUT2D eigenvalue weighted by molar-refractivity contribution is -0.116. The van der Waals surface area contributed by atoms with Crippen LogP contribution in [-0.4, -0.2) is 25.6 Å². The molecule has 1 amide bonds. The topological polar surface area (TPSA) is 88.2 Å². The predicted molar refractivity (Wildman–Crippen MR) is 114 cm³/mol. The number of carbonyl (C=O) groups is 1. The molecule has 6 nitrogen and oxygen atoms in total. The second-order valence-electron chi connectivity index (χ2n) is 7.47. The molecule has 0 atom stereocenters. The zero-order valence-electron chi connectivity index (χ0n) is 16.3. The third-order valence-electron chi connectivity index (χ3n) is 3.78. The van der Waals surface area contributed by atoms with E-state index < -0.39 is 10.0 Å². The first-order chi connectivity index (χ1) is 12.9. The Balaban J connectivity index is 1.93. The lowest BCUT2D eigenvalue weighted by Crippen LogP contribution is -2.20. The zero-order valence-corrected chi connectivity index (χ0v) is 17.9. The van der Waals surface area contributed by atoms with Crippen LogP contribution in [0.1, 0.15) is 37.6 Å². The van der Waals surface area contributed by atoms with E-state index in [-0.39, 0.29) is 22.9 Å². The van der Waals surface area contributed by atoms with E-state index in [1.165, 1.54) is 6.08 Å². The van der Waals surface area contributed by atoms with Gasteiger partial charge >= 0.3 is 0 Å². The predicted octanol–water partition coefficient (Wildman–Crippen LogP) is 3.73. The molecule has 2 aromatic rings. The Morgan fingerprint density at radius 2 is 1.93 bits per heavy atom. The van der Waals surface area contributed by atoms with Crippen molar-refractivity contribution < 1.29 is 13.2 Å². The maximum absolute atomic E-state index is 12.0. The number of pyridine rings is 1. The van der Waals surface area contributed by atoms with E-state index in [9.17, 15) is 13.2 Å². The summed E-state index contributed by atoms with van der Waals surface area (Å²) in [5, 5.41) is 3.02. The standard InChI is InChI=1S/C20H24ClN3O3S/c1-20(2,3)18-9-6-14(12-22-18)7-10-19(25)23-13-15-5-8-17(16(21)11-15)24-28(4,26)27/h5-12,24H,13H2,1-4H3,(H,23,25). The molecule has 1 aromatic heterocycles. The van der Waals surface area contributed by atoms with Crippen LogP contribution in [-0.2, 0) is 26.8 Å². The number of rotatable bonds is 6. The van der Waals surface area contributed by atoms with Crippen molar-refractivity contribution in [3.05, 3.63) is 64.4 Å². The van der Waals surface area contributed by atoms with Gasteiger partial charge in [-0.15, -0.1) is 0 Å². The Labute approximate surface area is 171 Å². The number of sulfonamides is 1. The highest BCUT2D eigenvalue weighted by atomic mass is 35.5. The van der Waals surface area contributed by atoms with Crippen LogP contribution in [0.3, 0.4) is 0 Å². The van der Waals surface area contributed by atoms with Crippen molar-refractivity contribution in [1.82, 2.24) is 10.3 Å². The van der Waals surface area contributed by atoms with Crippen molar-refractivity contribution in [2.24, 2.45) is 0 Å². The number of nitrogens with zero attached hydrogens (tertiary/aromatic N) is 1. The van der Waals surface area contributed by atoms with Gasteiger partial charge in [0.1, 0.15) is 0 Å². The number of amides is 1. The minimum Gasteiger partial charge on any atom is -0.348 e. The summed E-state index contributed by atoms with van der Waals surface area (Å²) in [6.45, 7) is 6.54. The Kier molecular flexibility index (Phi) is 6.85. The summed E-state index contributed by atoms with van der Waals surface area (Å²) < 4.78 is 24.9. The van der Waals surface area contributed by atoms with Crippen molar-refractivity contribution in [1.29, 1.82) is 0 Å². The smallest absolute Gasteiger partial charge is 0.244 e. The van der Waals surface area contributed by atoms with E-state index >= 15 is 0 Å². The van der Waals surface area contributed by atoms with Gasteiger partial charge < -0.3 is 5.32 Å². The van der Waals surface area contributed by atoms with Gasteiger partial charge in [0.25, 0.3) is 0 Å². The highest BCUT2D eigenvalue weighted by Gasteiger charge is 2.14. The quantitative estimate of drug-likeness (QED) is 0.695. The molecule has 2 rings (SSSR count). The molecule has 0 aliphatic heterocycles. The third-order valence-corrected chi connectivity index (χ3v) is 4.68. The number of anilines is 1. The van der Waals surface area contributed by atoms with E-state index in [2.05, 4.69) is 35.8 Å². The van der Waals surface area contributed by atoms with E-state index in [0.717, 1.165) is 23.1 Å². The Morgan fingerprint density at radius 3 is 2.46 bits per heavy atom. The van der Waals surface area contributed by atoms with Gasteiger partial charge in [-0.25, -0.2) is 8.42 Å². The minimum absolute atomic E-state index is 0.0206. The first-order valence-corrected chi connectivity index (χ1v) is 10.9. The van der Waals surface area contributed by atoms with E-state index in [1.54, 1.807) is 30.5 Å². The molecule has 0 saturated carbocycles. The zero-order chi connectivity index (χ0) is 20.9. The molecular formula is C20H24ClN3O3S. The summed E-state index contributed by atoms with van der Waals surface area (Å²) in [7, 11) is -3.40. The van der Waals surface area contributed by atoms with Crippen LogP contribution in [0.15, 0.2) is 42.6 Å². The van der Waals surface area contributed by atoms with Crippen LogP contribution in [0.5, 0.6) is 0 Å². The number of nitrogens with one attached hydrogen (secondary N) is 2. The number of aromatic nitrogens is 1. The molecule has 0 unspecified atom stereocenters. The molecule has 0 fully saturated rings. The van der Waals surface area contributed by atoms with Crippen LogP contribution in [0.2, 0.25) is 5.02 Å². The average molecular weight is 422 g/mol. The fourth-order valence-electron chi connectivity index (χ4n) is 2.32. The minimum atomic E-state index is -3.40. The summed E-state index contributed by atoms with van der Waals surface area (Å²) in [5.41, 5.74) is 2.85. The van der Waals surface area contributed by atoms with Gasteiger partial charge in [0.2, 0.25) is 15.9 Å². The first kappa shape index (κ1) is 21.9. The summed E-state index contributed by atoms with van der Waals surface area (Å²) >= 11 is 6.08.